The predicted octanol–water partition coefficient (Wildman–Crippen LogP) is 3.37. The number of nitrogens with one attached hydrogen (secondary N) is 3. The Morgan fingerprint density at radius 3 is 2.81 bits per heavy atom. The van der Waals surface area contributed by atoms with Crippen molar-refractivity contribution in [2.75, 3.05) is 26.2 Å². The van der Waals surface area contributed by atoms with Crippen molar-refractivity contribution in [1.82, 2.24) is 15.6 Å². The van der Waals surface area contributed by atoms with Crippen LogP contribution in [0.1, 0.15) is 44.2 Å². The Kier molecular flexibility index (Phi) is 8.48. The molecule has 0 fully saturated rings. The third kappa shape index (κ3) is 5.77. The molecule has 144 valence electrons. The maximum atomic E-state index is 9.21. The van der Waals surface area contributed by atoms with E-state index in [-0.39, 0.29) is 6.61 Å². The number of aryl methyl sites for hydroxylation is 1. The van der Waals surface area contributed by atoms with Gasteiger partial charge in [-0.15, -0.1) is 0 Å². The lowest BCUT2D eigenvalue weighted by atomic mass is 10.0. The summed E-state index contributed by atoms with van der Waals surface area (Å²) in [5, 5.41) is 17.3. The van der Waals surface area contributed by atoms with Crippen LogP contribution in [0.4, 0.5) is 0 Å². The van der Waals surface area contributed by atoms with E-state index in [9.17, 15) is 5.11 Å². The summed E-state index contributed by atoms with van der Waals surface area (Å²) in [4.78, 5) is 8.09. The maximum absolute atomic E-state index is 9.21. The number of nitrogens with zero attached hydrogens (tertiary/aromatic N) is 1. The van der Waals surface area contributed by atoms with Crippen LogP contribution in [0, 0.1) is 12.8 Å². The number of fused-ring (bicyclic) bond motifs is 1. The van der Waals surface area contributed by atoms with Gasteiger partial charge in [0.05, 0.1) is 0 Å². The summed E-state index contributed by atoms with van der Waals surface area (Å²) in [5.74, 6) is 1.32. The molecule has 1 aromatic heterocycles. The standard InChI is InChI=1S/C21H34N4O/c1-4-7-17(11-13-26)14-25-21(22-5-2)23-12-10-18-15-24-19-9-6-8-16(3)20(18)19/h6,8-9,15,17,24,26H,4-5,7,10-14H2,1-3H3,(H2,22,23,25). The Hall–Kier alpha value is -2.01. The molecule has 1 heterocycles. The summed E-state index contributed by atoms with van der Waals surface area (Å²) < 4.78 is 0. The molecule has 0 saturated carbocycles. The highest BCUT2D eigenvalue weighted by atomic mass is 16.3. The number of hydrogen-bond acceptors (Lipinski definition) is 2. The van der Waals surface area contributed by atoms with Gasteiger partial charge in [-0.1, -0.05) is 25.5 Å². The zero-order valence-electron chi connectivity index (χ0n) is 16.4. The van der Waals surface area contributed by atoms with Crippen molar-refractivity contribution >= 4 is 16.9 Å². The van der Waals surface area contributed by atoms with E-state index < -0.39 is 0 Å². The first-order valence-corrected chi connectivity index (χ1v) is 9.88. The molecule has 0 aliphatic carbocycles. The molecule has 0 aliphatic heterocycles. The third-order valence-electron chi connectivity index (χ3n) is 4.77. The molecule has 0 spiro atoms. The van der Waals surface area contributed by atoms with E-state index in [1.54, 1.807) is 0 Å². The van der Waals surface area contributed by atoms with Gasteiger partial charge < -0.3 is 20.7 Å². The Morgan fingerprint density at radius 2 is 2.08 bits per heavy atom. The number of guanidine groups is 1. The fraction of sp³-hybridized carbons (Fsp3) is 0.571. The number of aliphatic imine (C=N–C) groups is 1. The van der Waals surface area contributed by atoms with Crippen molar-refractivity contribution < 1.29 is 5.11 Å². The lowest BCUT2D eigenvalue weighted by molar-refractivity contribution is 0.253. The molecule has 0 radical (unpaired) electrons. The van der Waals surface area contributed by atoms with E-state index in [0.29, 0.717) is 5.92 Å². The zero-order chi connectivity index (χ0) is 18.8. The molecular weight excluding hydrogens is 324 g/mol. The highest BCUT2D eigenvalue weighted by molar-refractivity contribution is 5.86. The average Bonchev–Trinajstić information content (AvgIpc) is 3.04. The summed E-state index contributed by atoms with van der Waals surface area (Å²) in [6, 6.07) is 6.37. The molecule has 0 saturated heterocycles. The van der Waals surface area contributed by atoms with Crippen LogP contribution in [0.25, 0.3) is 10.9 Å². The van der Waals surface area contributed by atoms with Gasteiger partial charge in [-0.05, 0) is 56.2 Å². The van der Waals surface area contributed by atoms with Gasteiger partial charge in [0, 0.05) is 43.3 Å². The topological polar surface area (TPSA) is 72.4 Å². The minimum Gasteiger partial charge on any atom is -0.396 e. The molecule has 0 bridgehead atoms. The van der Waals surface area contributed by atoms with Crippen LogP contribution in [0.2, 0.25) is 0 Å². The van der Waals surface area contributed by atoms with Gasteiger partial charge in [0.2, 0.25) is 0 Å². The van der Waals surface area contributed by atoms with Gasteiger partial charge in [0.15, 0.2) is 5.96 Å². The van der Waals surface area contributed by atoms with Crippen molar-refractivity contribution in [2.24, 2.45) is 10.9 Å². The summed E-state index contributed by atoms with van der Waals surface area (Å²) in [7, 11) is 0. The number of benzene rings is 1. The minimum atomic E-state index is 0.240. The molecule has 0 aliphatic rings. The number of rotatable bonds is 10. The van der Waals surface area contributed by atoms with Crippen LogP contribution in [0.5, 0.6) is 0 Å². The van der Waals surface area contributed by atoms with Gasteiger partial charge in [0.1, 0.15) is 0 Å². The number of H-pyrrole nitrogens is 1. The van der Waals surface area contributed by atoms with E-state index in [1.165, 1.54) is 22.0 Å². The van der Waals surface area contributed by atoms with Crippen molar-refractivity contribution in [3.8, 4) is 0 Å². The molecular formula is C21H34N4O. The largest absolute Gasteiger partial charge is 0.396 e. The third-order valence-corrected chi connectivity index (χ3v) is 4.77. The first kappa shape index (κ1) is 20.3. The van der Waals surface area contributed by atoms with Gasteiger partial charge >= 0.3 is 0 Å². The van der Waals surface area contributed by atoms with Crippen LogP contribution in [-0.2, 0) is 6.42 Å². The van der Waals surface area contributed by atoms with E-state index in [4.69, 9.17) is 4.99 Å². The van der Waals surface area contributed by atoms with Crippen molar-refractivity contribution in [2.45, 2.75) is 46.5 Å². The second-order valence-corrected chi connectivity index (χ2v) is 6.87. The van der Waals surface area contributed by atoms with Crippen LogP contribution in [0.15, 0.2) is 29.4 Å². The fourth-order valence-corrected chi connectivity index (χ4v) is 3.44. The highest BCUT2D eigenvalue weighted by Crippen LogP contribution is 2.22. The van der Waals surface area contributed by atoms with E-state index in [1.807, 2.05) is 0 Å². The maximum Gasteiger partial charge on any atom is 0.191 e. The number of aliphatic hydroxyl groups is 1. The van der Waals surface area contributed by atoms with Gasteiger partial charge in [-0.25, -0.2) is 0 Å². The van der Waals surface area contributed by atoms with Crippen molar-refractivity contribution in [1.29, 1.82) is 0 Å². The number of aromatic nitrogens is 1. The van der Waals surface area contributed by atoms with Crippen molar-refractivity contribution in [3.05, 3.63) is 35.5 Å². The predicted molar refractivity (Wildman–Crippen MR) is 111 cm³/mol. The Bertz CT molecular complexity index is 686. The SMILES string of the molecule is CCCC(CCO)CN=C(NCC)NCCc1c[nH]c2cccc(C)c12. The fourth-order valence-electron chi connectivity index (χ4n) is 3.44. The van der Waals surface area contributed by atoms with E-state index in [2.05, 4.69) is 60.8 Å². The first-order valence-electron chi connectivity index (χ1n) is 9.88. The number of aliphatic hydroxyl groups excluding tert-OH is 1. The second kappa shape index (κ2) is 10.9. The van der Waals surface area contributed by atoms with E-state index in [0.717, 1.165) is 51.3 Å². The summed E-state index contributed by atoms with van der Waals surface area (Å²) in [6.07, 6.45) is 6.12. The molecule has 5 heteroatoms. The molecule has 2 aromatic rings. The summed E-state index contributed by atoms with van der Waals surface area (Å²) in [5.41, 5.74) is 3.85. The number of hydrogen-bond donors (Lipinski definition) is 4. The molecule has 4 N–H and O–H groups in total. The second-order valence-electron chi connectivity index (χ2n) is 6.87. The van der Waals surface area contributed by atoms with Crippen LogP contribution < -0.4 is 10.6 Å². The monoisotopic (exact) mass is 358 g/mol. The summed E-state index contributed by atoms with van der Waals surface area (Å²) >= 11 is 0. The molecule has 1 atom stereocenters. The van der Waals surface area contributed by atoms with Gasteiger partial charge in [0.25, 0.3) is 0 Å². The normalized spacial score (nSPS) is 13.2. The highest BCUT2D eigenvalue weighted by Gasteiger charge is 2.08. The molecule has 2 rings (SSSR count). The molecule has 5 nitrogen and oxygen atoms in total. The minimum absolute atomic E-state index is 0.240. The lowest BCUT2D eigenvalue weighted by Gasteiger charge is -2.15. The zero-order valence-corrected chi connectivity index (χ0v) is 16.4. The molecule has 0 amide bonds. The smallest absolute Gasteiger partial charge is 0.191 e. The average molecular weight is 359 g/mol. The molecule has 26 heavy (non-hydrogen) atoms. The summed E-state index contributed by atoms with van der Waals surface area (Å²) in [6.45, 7) is 9.11. The number of aromatic amines is 1. The molecule has 1 aromatic carbocycles. The lowest BCUT2D eigenvalue weighted by Crippen LogP contribution is -2.38. The van der Waals surface area contributed by atoms with E-state index >= 15 is 0 Å². The quantitative estimate of drug-likeness (QED) is 0.389. The van der Waals surface area contributed by atoms with Crippen LogP contribution in [0.3, 0.4) is 0 Å². The Balaban J connectivity index is 1.94. The molecule has 1 unspecified atom stereocenters. The Morgan fingerprint density at radius 1 is 1.23 bits per heavy atom. The Labute approximate surface area is 157 Å². The van der Waals surface area contributed by atoms with Gasteiger partial charge in [-0.3, -0.25) is 4.99 Å². The van der Waals surface area contributed by atoms with Gasteiger partial charge in [-0.2, -0.15) is 0 Å². The van der Waals surface area contributed by atoms with Crippen molar-refractivity contribution in [3.63, 3.8) is 0 Å². The van der Waals surface area contributed by atoms with Crippen LogP contribution >= 0.6 is 0 Å². The first-order chi connectivity index (χ1) is 12.7. The van der Waals surface area contributed by atoms with Crippen LogP contribution in [-0.4, -0.2) is 42.3 Å².